The number of ether oxygens (including phenoxy) is 2. The van der Waals surface area contributed by atoms with Crippen molar-refractivity contribution < 1.29 is 35.8 Å². The van der Waals surface area contributed by atoms with E-state index in [0.29, 0.717) is 0 Å². The predicted molar refractivity (Wildman–Crippen MR) is 67.9 cm³/mol. The van der Waals surface area contributed by atoms with Gasteiger partial charge in [0.2, 0.25) is 0 Å². The zero-order valence-electron chi connectivity index (χ0n) is 11.5. The first-order valence-electron chi connectivity index (χ1n) is 6.08. The summed E-state index contributed by atoms with van der Waals surface area (Å²) in [6.07, 6.45) is -8.51. The van der Waals surface area contributed by atoms with E-state index in [2.05, 4.69) is 9.72 Å². The average Bonchev–Trinajstić information content (AvgIpc) is 2.44. The van der Waals surface area contributed by atoms with Crippen molar-refractivity contribution in [2.75, 3.05) is 7.11 Å². The Balaban J connectivity index is 2.47. The molecule has 2 rings (SSSR count). The quantitative estimate of drug-likeness (QED) is 0.763. The Morgan fingerprint density at radius 3 is 2.00 bits per heavy atom. The summed E-state index contributed by atoms with van der Waals surface area (Å²) in [7, 11) is 1.08. The molecule has 0 aliphatic rings. The standard InChI is InChI=1S/C14H9F6NO2/c1-22-10-6-7-21-12(11(10)13(15,16)17)8-2-4-9(5-3-8)23-14(18,19)20/h2-7H,1H3. The van der Waals surface area contributed by atoms with Gasteiger partial charge in [-0.1, -0.05) is 0 Å². The van der Waals surface area contributed by atoms with Crippen LogP contribution in [0.15, 0.2) is 36.5 Å². The lowest BCUT2D eigenvalue weighted by Crippen LogP contribution is -2.17. The third kappa shape index (κ3) is 4.05. The van der Waals surface area contributed by atoms with Gasteiger partial charge in [0.25, 0.3) is 0 Å². The molecule has 124 valence electrons. The SMILES string of the molecule is COc1ccnc(-c2ccc(OC(F)(F)F)cc2)c1C(F)(F)F. The normalized spacial score (nSPS) is 12.1. The van der Waals surface area contributed by atoms with Crippen molar-refractivity contribution in [3.05, 3.63) is 42.1 Å². The second kappa shape index (κ2) is 5.98. The molecule has 0 saturated heterocycles. The molecular weight excluding hydrogens is 328 g/mol. The van der Waals surface area contributed by atoms with E-state index in [1.165, 1.54) is 0 Å². The fraction of sp³-hybridized carbons (Fsp3) is 0.214. The van der Waals surface area contributed by atoms with Crippen LogP contribution in [-0.2, 0) is 6.18 Å². The van der Waals surface area contributed by atoms with E-state index in [9.17, 15) is 26.3 Å². The maximum atomic E-state index is 13.2. The molecule has 0 atom stereocenters. The summed E-state index contributed by atoms with van der Waals surface area (Å²) in [5.41, 5.74) is -1.58. The Bertz CT molecular complexity index is 679. The molecule has 1 aromatic heterocycles. The van der Waals surface area contributed by atoms with E-state index < -0.39 is 35.3 Å². The second-order valence-corrected chi connectivity index (χ2v) is 4.31. The summed E-state index contributed by atoms with van der Waals surface area (Å²) in [6, 6.07) is 4.97. The summed E-state index contributed by atoms with van der Waals surface area (Å²) in [5, 5.41) is 0. The van der Waals surface area contributed by atoms with Crippen LogP contribution in [0.4, 0.5) is 26.3 Å². The number of methoxy groups -OCH3 is 1. The van der Waals surface area contributed by atoms with Crippen molar-refractivity contribution >= 4 is 0 Å². The minimum atomic E-state index is -4.88. The molecule has 0 bridgehead atoms. The lowest BCUT2D eigenvalue weighted by Gasteiger charge is -2.16. The molecule has 23 heavy (non-hydrogen) atoms. The minimum Gasteiger partial charge on any atom is -0.496 e. The Kier molecular flexibility index (Phi) is 4.39. The number of alkyl halides is 6. The molecule has 0 spiro atoms. The van der Waals surface area contributed by atoms with Crippen LogP contribution in [0.1, 0.15) is 5.56 Å². The number of halogens is 6. The lowest BCUT2D eigenvalue weighted by atomic mass is 10.0. The summed E-state index contributed by atoms with van der Waals surface area (Å²) in [4.78, 5) is 3.67. The Morgan fingerprint density at radius 2 is 1.52 bits per heavy atom. The van der Waals surface area contributed by atoms with Gasteiger partial charge in [0.15, 0.2) is 0 Å². The smallest absolute Gasteiger partial charge is 0.496 e. The maximum Gasteiger partial charge on any atom is 0.573 e. The highest BCUT2D eigenvalue weighted by atomic mass is 19.4. The molecule has 0 aliphatic heterocycles. The van der Waals surface area contributed by atoms with Crippen LogP contribution in [0.2, 0.25) is 0 Å². The molecule has 0 aliphatic carbocycles. The molecule has 3 nitrogen and oxygen atoms in total. The lowest BCUT2D eigenvalue weighted by molar-refractivity contribution is -0.274. The van der Waals surface area contributed by atoms with Gasteiger partial charge in [-0.3, -0.25) is 4.98 Å². The number of rotatable bonds is 3. The van der Waals surface area contributed by atoms with Crippen molar-refractivity contribution in [3.63, 3.8) is 0 Å². The molecule has 9 heteroatoms. The van der Waals surface area contributed by atoms with Gasteiger partial charge in [-0.25, -0.2) is 0 Å². The predicted octanol–water partition coefficient (Wildman–Crippen LogP) is 4.67. The summed E-state index contributed by atoms with van der Waals surface area (Å²) < 4.78 is 84.2. The van der Waals surface area contributed by atoms with Crippen molar-refractivity contribution in [2.24, 2.45) is 0 Å². The first-order chi connectivity index (χ1) is 10.6. The van der Waals surface area contributed by atoms with Crippen LogP contribution in [0.25, 0.3) is 11.3 Å². The monoisotopic (exact) mass is 337 g/mol. The highest BCUT2D eigenvalue weighted by Gasteiger charge is 2.38. The first-order valence-corrected chi connectivity index (χ1v) is 6.08. The molecule has 1 aromatic carbocycles. The van der Waals surface area contributed by atoms with Crippen molar-refractivity contribution in [1.29, 1.82) is 0 Å². The number of hydrogen-bond donors (Lipinski definition) is 0. The Morgan fingerprint density at radius 1 is 0.913 bits per heavy atom. The topological polar surface area (TPSA) is 31.4 Å². The van der Waals surface area contributed by atoms with Gasteiger partial charge in [-0.05, 0) is 30.3 Å². The fourth-order valence-corrected chi connectivity index (χ4v) is 1.92. The molecule has 0 amide bonds. The molecular formula is C14H9F6NO2. The number of nitrogens with zero attached hydrogens (tertiary/aromatic N) is 1. The second-order valence-electron chi connectivity index (χ2n) is 4.31. The highest BCUT2D eigenvalue weighted by Crippen LogP contribution is 2.41. The molecule has 2 aromatic rings. The van der Waals surface area contributed by atoms with Gasteiger partial charge in [0, 0.05) is 11.8 Å². The highest BCUT2D eigenvalue weighted by molar-refractivity contribution is 5.67. The molecule has 0 N–H and O–H groups in total. The van der Waals surface area contributed by atoms with E-state index in [0.717, 1.165) is 43.6 Å². The number of benzene rings is 1. The Labute approximate surface area is 126 Å². The third-order valence-corrected chi connectivity index (χ3v) is 2.78. The fourth-order valence-electron chi connectivity index (χ4n) is 1.92. The average molecular weight is 337 g/mol. The van der Waals surface area contributed by atoms with E-state index >= 15 is 0 Å². The van der Waals surface area contributed by atoms with Gasteiger partial charge < -0.3 is 9.47 Å². The van der Waals surface area contributed by atoms with Crippen molar-refractivity contribution in [1.82, 2.24) is 4.98 Å². The van der Waals surface area contributed by atoms with Gasteiger partial charge in [-0.2, -0.15) is 13.2 Å². The Hall–Kier alpha value is -2.45. The van der Waals surface area contributed by atoms with Gasteiger partial charge in [0.1, 0.15) is 17.1 Å². The molecule has 0 unspecified atom stereocenters. The van der Waals surface area contributed by atoms with Crippen LogP contribution in [0.5, 0.6) is 11.5 Å². The molecule has 0 saturated carbocycles. The van der Waals surface area contributed by atoms with Crippen LogP contribution in [0, 0.1) is 0 Å². The van der Waals surface area contributed by atoms with E-state index in [-0.39, 0.29) is 5.56 Å². The van der Waals surface area contributed by atoms with Crippen molar-refractivity contribution in [3.8, 4) is 22.8 Å². The minimum absolute atomic E-state index is 0.0225. The van der Waals surface area contributed by atoms with Crippen molar-refractivity contribution in [2.45, 2.75) is 12.5 Å². The van der Waals surface area contributed by atoms with E-state index in [4.69, 9.17) is 4.74 Å². The summed E-state index contributed by atoms with van der Waals surface area (Å²) in [6.45, 7) is 0. The van der Waals surface area contributed by atoms with Gasteiger partial charge in [0.05, 0.1) is 12.8 Å². The van der Waals surface area contributed by atoms with E-state index in [1.54, 1.807) is 0 Å². The van der Waals surface area contributed by atoms with Gasteiger partial charge in [-0.15, -0.1) is 13.2 Å². The number of aromatic nitrogens is 1. The van der Waals surface area contributed by atoms with Crippen LogP contribution in [-0.4, -0.2) is 18.5 Å². The first kappa shape index (κ1) is 16.9. The third-order valence-electron chi connectivity index (χ3n) is 2.78. The summed E-state index contributed by atoms with van der Waals surface area (Å²) >= 11 is 0. The molecule has 0 radical (unpaired) electrons. The van der Waals surface area contributed by atoms with Crippen LogP contribution >= 0.6 is 0 Å². The number of pyridine rings is 1. The molecule has 0 fully saturated rings. The maximum absolute atomic E-state index is 13.2. The van der Waals surface area contributed by atoms with E-state index in [1.807, 2.05) is 0 Å². The summed E-state index contributed by atoms with van der Waals surface area (Å²) in [5.74, 6) is -0.976. The van der Waals surface area contributed by atoms with Crippen LogP contribution in [0.3, 0.4) is 0 Å². The number of hydrogen-bond acceptors (Lipinski definition) is 3. The van der Waals surface area contributed by atoms with Crippen LogP contribution < -0.4 is 9.47 Å². The van der Waals surface area contributed by atoms with Gasteiger partial charge >= 0.3 is 12.5 Å². The zero-order valence-corrected chi connectivity index (χ0v) is 11.5. The molecule has 1 heterocycles. The largest absolute Gasteiger partial charge is 0.573 e. The zero-order chi connectivity index (χ0) is 17.3.